The Morgan fingerprint density at radius 2 is 2.27 bits per heavy atom. The van der Waals surface area contributed by atoms with E-state index in [1.807, 2.05) is 0 Å². The maximum absolute atomic E-state index is 12.7. The van der Waals surface area contributed by atoms with Crippen LogP contribution in [0.25, 0.3) is 0 Å². The standard InChI is InChI=1S/C8H6FNO/c9-8-3-1-2-6(5-11)7(8)4-10/h1-3,11H,5H2. The van der Waals surface area contributed by atoms with Crippen molar-refractivity contribution >= 4 is 0 Å². The van der Waals surface area contributed by atoms with Gasteiger partial charge in [0.1, 0.15) is 11.9 Å². The Kier molecular flexibility index (Phi) is 2.19. The number of nitrogens with zero attached hydrogens (tertiary/aromatic N) is 1. The third-order valence-electron chi connectivity index (χ3n) is 1.38. The minimum atomic E-state index is -0.584. The highest BCUT2D eigenvalue weighted by Gasteiger charge is 2.04. The van der Waals surface area contributed by atoms with Crippen molar-refractivity contribution in [2.45, 2.75) is 6.61 Å². The van der Waals surface area contributed by atoms with Crippen molar-refractivity contribution in [2.75, 3.05) is 0 Å². The Morgan fingerprint density at radius 1 is 1.55 bits per heavy atom. The van der Waals surface area contributed by atoms with E-state index < -0.39 is 5.82 Å². The van der Waals surface area contributed by atoms with E-state index in [0.29, 0.717) is 5.56 Å². The third kappa shape index (κ3) is 1.36. The normalized spacial score (nSPS) is 9.18. The molecule has 0 saturated heterocycles. The van der Waals surface area contributed by atoms with E-state index in [-0.39, 0.29) is 12.2 Å². The molecule has 0 amide bonds. The van der Waals surface area contributed by atoms with Crippen molar-refractivity contribution in [1.82, 2.24) is 0 Å². The minimum Gasteiger partial charge on any atom is -0.392 e. The Hall–Kier alpha value is -1.40. The van der Waals surface area contributed by atoms with Gasteiger partial charge in [-0.05, 0) is 11.6 Å². The van der Waals surface area contributed by atoms with Gasteiger partial charge in [0.25, 0.3) is 0 Å². The molecule has 0 aliphatic carbocycles. The second-order valence-electron chi connectivity index (χ2n) is 2.04. The van der Waals surface area contributed by atoms with Crippen molar-refractivity contribution in [1.29, 1.82) is 5.26 Å². The topological polar surface area (TPSA) is 44.0 Å². The molecule has 0 aliphatic rings. The van der Waals surface area contributed by atoms with Gasteiger partial charge in [-0.1, -0.05) is 12.1 Å². The van der Waals surface area contributed by atoms with Gasteiger partial charge in [-0.3, -0.25) is 0 Å². The summed E-state index contributed by atoms with van der Waals surface area (Å²) in [6.07, 6.45) is 0. The molecule has 0 saturated carbocycles. The maximum atomic E-state index is 12.7. The van der Waals surface area contributed by atoms with Crippen LogP contribution in [0.5, 0.6) is 0 Å². The van der Waals surface area contributed by atoms with Gasteiger partial charge in [0.2, 0.25) is 0 Å². The predicted molar refractivity (Wildman–Crippen MR) is 37.0 cm³/mol. The number of hydrogen-bond acceptors (Lipinski definition) is 2. The molecule has 0 aliphatic heterocycles. The highest BCUT2D eigenvalue weighted by atomic mass is 19.1. The smallest absolute Gasteiger partial charge is 0.141 e. The first-order valence-corrected chi connectivity index (χ1v) is 3.08. The van der Waals surface area contributed by atoms with Crippen LogP contribution in [0.1, 0.15) is 11.1 Å². The summed E-state index contributed by atoms with van der Waals surface area (Å²) in [7, 11) is 0. The fourth-order valence-corrected chi connectivity index (χ4v) is 0.826. The highest BCUT2D eigenvalue weighted by Crippen LogP contribution is 2.11. The monoisotopic (exact) mass is 151 g/mol. The molecule has 11 heavy (non-hydrogen) atoms. The van der Waals surface area contributed by atoms with E-state index in [0.717, 1.165) is 0 Å². The van der Waals surface area contributed by atoms with Crippen LogP contribution in [0, 0.1) is 17.1 Å². The second-order valence-corrected chi connectivity index (χ2v) is 2.04. The minimum absolute atomic E-state index is 0.0741. The zero-order chi connectivity index (χ0) is 8.27. The Labute approximate surface area is 63.5 Å². The number of rotatable bonds is 1. The summed E-state index contributed by atoms with van der Waals surface area (Å²) in [5, 5.41) is 17.1. The van der Waals surface area contributed by atoms with Gasteiger partial charge in [0.05, 0.1) is 12.2 Å². The zero-order valence-corrected chi connectivity index (χ0v) is 5.71. The zero-order valence-electron chi connectivity index (χ0n) is 5.71. The van der Waals surface area contributed by atoms with Crippen molar-refractivity contribution in [2.24, 2.45) is 0 Å². The molecule has 0 fully saturated rings. The molecule has 0 aromatic heterocycles. The number of halogens is 1. The molecule has 1 rings (SSSR count). The summed E-state index contributed by atoms with van der Waals surface area (Å²) in [6.45, 7) is -0.305. The largest absolute Gasteiger partial charge is 0.392 e. The molecule has 0 unspecified atom stereocenters. The highest BCUT2D eigenvalue weighted by molar-refractivity contribution is 5.38. The maximum Gasteiger partial charge on any atom is 0.141 e. The summed E-state index contributed by atoms with van der Waals surface area (Å²) >= 11 is 0. The Morgan fingerprint density at radius 3 is 2.73 bits per heavy atom. The molecule has 2 nitrogen and oxygen atoms in total. The lowest BCUT2D eigenvalue weighted by atomic mass is 10.1. The molecule has 1 N–H and O–H groups in total. The first kappa shape index (κ1) is 7.70. The van der Waals surface area contributed by atoms with E-state index in [1.165, 1.54) is 18.2 Å². The number of benzene rings is 1. The summed E-state index contributed by atoms with van der Waals surface area (Å²) < 4.78 is 12.7. The Balaban J connectivity index is 3.27. The van der Waals surface area contributed by atoms with Crippen LogP contribution in [0.3, 0.4) is 0 Å². The number of aliphatic hydroxyl groups excluding tert-OH is 1. The molecule has 56 valence electrons. The molecule has 0 heterocycles. The lowest BCUT2D eigenvalue weighted by Gasteiger charge is -1.98. The first-order valence-electron chi connectivity index (χ1n) is 3.08. The third-order valence-corrected chi connectivity index (χ3v) is 1.38. The molecular weight excluding hydrogens is 145 g/mol. The van der Waals surface area contributed by atoms with Crippen molar-refractivity contribution in [3.63, 3.8) is 0 Å². The van der Waals surface area contributed by atoms with E-state index in [2.05, 4.69) is 0 Å². The van der Waals surface area contributed by atoms with Crippen LogP contribution in [0.4, 0.5) is 4.39 Å². The van der Waals surface area contributed by atoms with Gasteiger partial charge in [-0.15, -0.1) is 0 Å². The van der Waals surface area contributed by atoms with E-state index >= 15 is 0 Å². The van der Waals surface area contributed by atoms with Gasteiger partial charge >= 0.3 is 0 Å². The van der Waals surface area contributed by atoms with Gasteiger partial charge in [0.15, 0.2) is 0 Å². The van der Waals surface area contributed by atoms with Crippen LogP contribution in [-0.2, 0) is 6.61 Å². The van der Waals surface area contributed by atoms with Crippen molar-refractivity contribution in [3.05, 3.63) is 35.1 Å². The molecule has 1 aromatic rings. The van der Waals surface area contributed by atoms with Crippen molar-refractivity contribution in [3.8, 4) is 6.07 Å². The summed E-state index contributed by atoms with van der Waals surface area (Å²) in [5.41, 5.74) is 0.252. The van der Waals surface area contributed by atoms with E-state index in [1.54, 1.807) is 6.07 Å². The second kappa shape index (κ2) is 3.13. The number of hydrogen-bond donors (Lipinski definition) is 1. The van der Waals surface area contributed by atoms with Crippen LogP contribution in [-0.4, -0.2) is 5.11 Å². The van der Waals surface area contributed by atoms with Gasteiger partial charge < -0.3 is 5.11 Å². The molecule has 0 radical (unpaired) electrons. The molecule has 1 aromatic carbocycles. The summed E-state index contributed by atoms with van der Waals surface area (Å²) in [5.74, 6) is -0.584. The molecule has 3 heteroatoms. The number of nitriles is 1. The molecule has 0 bridgehead atoms. The van der Waals surface area contributed by atoms with Crippen LogP contribution < -0.4 is 0 Å². The average molecular weight is 151 g/mol. The van der Waals surface area contributed by atoms with Gasteiger partial charge in [0, 0.05) is 0 Å². The first-order chi connectivity index (χ1) is 5.29. The lowest BCUT2D eigenvalue weighted by Crippen LogP contribution is -1.92. The van der Waals surface area contributed by atoms with Crippen LogP contribution >= 0.6 is 0 Å². The Bertz CT molecular complexity index is 303. The lowest BCUT2D eigenvalue weighted by molar-refractivity contribution is 0.281. The average Bonchev–Trinajstić information content (AvgIpc) is 2.04. The van der Waals surface area contributed by atoms with Crippen LogP contribution in [0.15, 0.2) is 18.2 Å². The number of aliphatic hydroxyl groups is 1. The predicted octanol–water partition coefficient (Wildman–Crippen LogP) is 1.19. The molecule has 0 spiro atoms. The van der Waals surface area contributed by atoms with Crippen molar-refractivity contribution < 1.29 is 9.50 Å². The van der Waals surface area contributed by atoms with Crippen LogP contribution in [0.2, 0.25) is 0 Å². The van der Waals surface area contributed by atoms with E-state index in [9.17, 15) is 4.39 Å². The van der Waals surface area contributed by atoms with Gasteiger partial charge in [-0.2, -0.15) is 5.26 Å². The molecular formula is C8H6FNO. The fraction of sp³-hybridized carbons (Fsp3) is 0.125. The molecule has 0 atom stereocenters. The van der Waals surface area contributed by atoms with E-state index in [4.69, 9.17) is 10.4 Å². The van der Waals surface area contributed by atoms with Gasteiger partial charge in [-0.25, -0.2) is 4.39 Å². The quantitative estimate of drug-likeness (QED) is 0.655. The summed E-state index contributed by atoms with van der Waals surface area (Å²) in [6, 6.07) is 5.85. The summed E-state index contributed by atoms with van der Waals surface area (Å²) in [4.78, 5) is 0. The SMILES string of the molecule is N#Cc1c(F)cccc1CO. The fourth-order valence-electron chi connectivity index (χ4n) is 0.826.